The average Bonchev–Trinajstić information content (AvgIpc) is 2.86. The second kappa shape index (κ2) is 11.3. The van der Waals surface area contributed by atoms with Gasteiger partial charge in [0.25, 0.3) is 0 Å². The molecule has 0 saturated carbocycles. The summed E-state index contributed by atoms with van der Waals surface area (Å²) < 4.78 is 23.0. The van der Waals surface area contributed by atoms with Crippen LogP contribution in [0.3, 0.4) is 0 Å². The lowest BCUT2D eigenvalue weighted by Gasteiger charge is -2.37. The van der Waals surface area contributed by atoms with Crippen molar-refractivity contribution in [3.05, 3.63) is 69.7 Å². The number of fused-ring (bicyclic) bond motifs is 2. The molecule has 41 heavy (non-hydrogen) atoms. The van der Waals surface area contributed by atoms with Crippen LogP contribution >= 0.6 is 0 Å². The molecule has 3 aromatic rings. The highest BCUT2D eigenvalue weighted by atomic mass is 16.5. The fraction of sp³-hybridized carbons (Fsp3) is 0.406. The first-order chi connectivity index (χ1) is 19.3. The summed E-state index contributed by atoms with van der Waals surface area (Å²) in [4.78, 5) is 40.1. The number of esters is 2. The minimum atomic E-state index is -1.43. The number of hydrogen-bond acceptors (Lipinski definition) is 9. The smallest absolute Gasteiger partial charge is 0.340 e. The van der Waals surface area contributed by atoms with Crippen LogP contribution in [0.2, 0.25) is 0 Å². The van der Waals surface area contributed by atoms with Gasteiger partial charge in [-0.15, -0.1) is 0 Å². The fourth-order valence-electron chi connectivity index (χ4n) is 5.49. The SMILES string of the molecule is CCOC(=O)C1=C(NC(C)(C)CC(C)(C)C)Oc2cc3oc(-c4ccccc4)cc(=O)c3c(O)c2C1C(=O)OCC. The lowest BCUT2D eigenvalue weighted by atomic mass is 9.81. The predicted molar refractivity (Wildman–Crippen MR) is 155 cm³/mol. The third-order valence-electron chi connectivity index (χ3n) is 6.53. The van der Waals surface area contributed by atoms with Crippen LogP contribution in [0.1, 0.15) is 66.4 Å². The maximum atomic E-state index is 13.5. The minimum Gasteiger partial charge on any atom is -0.507 e. The number of nitrogens with one attached hydrogen (secondary N) is 1. The van der Waals surface area contributed by atoms with Gasteiger partial charge in [-0.25, -0.2) is 4.79 Å². The zero-order valence-corrected chi connectivity index (χ0v) is 24.5. The van der Waals surface area contributed by atoms with E-state index >= 15 is 0 Å². The number of carbonyl (C=O) groups is 2. The molecule has 0 aliphatic carbocycles. The van der Waals surface area contributed by atoms with Gasteiger partial charge in [0.05, 0.1) is 18.8 Å². The standard InChI is InChI=1S/C32H37NO8/c1-8-38-29(36)25-24-22(41-28(26(25)30(37)39-9-2)33-32(6,7)17-31(3,4)5)16-21-23(27(24)35)19(34)15-20(40-21)18-13-11-10-12-14-18/h10-16,25,33,35H,8-9,17H2,1-7H3. The fourth-order valence-corrected chi connectivity index (χ4v) is 5.49. The van der Waals surface area contributed by atoms with Crippen molar-refractivity contribution in [1.29, 1.82) is 0 Å². The van der Waals surface area contributed by atoms with E-state index in [4.69, 9.17) is 18.6 Å². The lowest BCUT2D eigenvalue weighted by molar-refractivity contribution is -0.148. The summed E-state index contributed by atoms with van der Waals surface area (Å²) in [6.45, 7) is 13.5. The number of aromatic hydroxyl groups is 1. The summed E-state index contributed by atoms with van der Waals surface area (Å²) in [5.74, 6) is -3.22. The van der Waals surface area contributed by atoms with Crippen LogP contribution < -0.4 is 15.5 Å². The van der Waals surface area contributed by atoms with Crippen molar-refractivity contribution in [3.8, 4) is 22.8 Å². The van der Waals surface area contributed by atoms with E-state index in [1.165, 1.54) is 12.1 Å². The van der Waals surface area contributed by atoms with Gasteiger partial charge in [0.15, 0.2) is 5.43 Å². The summed E-state index contributed by atoms with van der Waals surface area (Å²) in [5.41, 5.74) is -0.691. The number of phenolic OH excluding ortho intramolecular Hbond substituents is 1. The highest BCUT2D eigenvalue weighted by molar-refractivity contribution is 6.02. The molecule has 2 heterocycles. The van der Waals surface area contributed by atoms with Gasteiger partial charge in [-0.05, 0) is 39.5 Å². The maximum Gasteiger partial charge on any atom is 0.340 e. The number of carbonyl (C=O) groups excluding carboxylic acids is 2. The van der Waals surface area contributed by atoms with Gasteiger partial charge in [0.2, 0.25) is 5.88 Å². The summed E-state index contributed by atoms with van der Waals surface area (Å²) in [6.07, 6.45) is 0.679. The third-order valence-corrected chi connectivity index (χ3v) is 6.53. The molecule has 4 rings (SSSR count). The van der Waals surface area contributed by atoms with Crippen LogP contribution in [0.4, 0.5) is 0 Å². The van der Waals surface area contributed by atoms with E-state index in [1.807, 2.05) is 32.0 Å². The Labute approximate surface area is 239 Å². The van der Waals surface area contributed by atoms with E-state index in [1.54, 1.807) is 26.0 Å². The van der Waals surface area contributed by atoms with Crippen LogP contribution in [0.5, 0.6) is 11.5 Å². The van der Waals surface area contributed by atoms with Gasteiger partial charge in [-0.1, -0.05) is 51.1 Å². The van der Waals surface area contributed by atoms with E-state index in [0.29, 0.717) is 17.7 Å². The molecule has 0 bridgehead atoms. The zero-order chi connectivity index (χ0) is 30.1. The predicted octanol–water partition coefficient (Wildman–Crippen LogP) is 5.78. The summed E-state index contributed by atoms with van der Waals surface area (Å²) in [5, 5.41) is 14.6. The van der Waals surface area contributed by atoms with Crippen molar-refractivity contribution < 1.29 is 33.3 Å². The molecule has 218 valence electrons. The first kappa shape index (κ1) is 29.7. The van der Waals surface area contributed by atoms with Crippen molar-refractivity contribution in [2.24, 2.45) is 5.41 Å². The number of benzene rings is 2. The number of ether oxygens (including phenoxy) is 3. The quantitative estimate of drug-likeness (QED) is 0.328. The van der Waals surface area contributed by atoms with Gasteiger partial charge in [-0.2, -0.15) is 0 Å². The molecule has 1 atom stereocenters. The van der Waals surface area contributed by atoms with E-state index in [9.17, 15) is 19.5 Å². The number of rotatable bonds is 8. The Hall–Kier alpha value is -4.27. The second-order valence-corrected chi connectivity index (χ2v) is 11.8. The number of phenols is 1. The van der Waals surface area contributed by atoms with Crippen LogP contribution in [0.25, 0.3) is 22.3 Å². The Bertz CT molecular complexity index is 1560. The third kappa shape index (κ3) is 6.24. The molecule has 2 aromatic carbocycles. The number of hydrogen-bond donors (Lipinski definition) is 2. The van der Waals surface area contributed by atoms with Crippen LogP contribution in [-0.2, 0) is 19.1 Å². The Morgan fingerprint density at radius 2 is 1.66 bits per heavy atom. The van der Waals surface area contributed by atoms with Crippen molar-refractivity contribution in [2.75, 3.05) is 13.2 Å². The van der Waals surface area contributed by atoms with Crippen molar-refractivity contribution in [1.82, 2.24) is 5.32 Å². The summed E-state index contributed by atoms with van der Waals surface area (Å²) >= 11 is 0. The van der Waals surface area contributed by atoms with E-state index < -0.39 is 34.6 Å². The van der Waals surface area contributed by atoms with Gasteiger partial charge >= 0.3 is 11.9 Å². The normalized spacial score (nSPS) is 15.2. The van der Waals surface area contributed by atoms with Gasteiger partial charge in [-0.3, -0.25) is 9.59 Å². The molecule has 0 fully saturated rings. The van der Waals surface area contributed by atoms with Crippen molar-refractivity contribution in [3.63, 3.8) is 0 Å². The molecule has 0 spiro atoms. The van der Waals surface area contributed by atoms with Gasteiger partial charge in [0, 0.05) is 23.2 Å². The summed E-state index contributed by atoms with van der Waals surface area (Å²) in [6, 6.07) is 11.8. The Morgan fingerprint density at radius 1 is 1.00 bits per heavy atom. The molecule has 1 aliphatic heterocycles. The molecule has 0 saturated heterocycles. The van der Waals surface area contributed by atoms with Gasteiger partial charge < -0.3 is 29.1 Å². The van der Waals surface area contributed by atoms with Crippen LogP contribution in [0.15, 0.2) is 63.1 Å². The Morgan fingerprint density at radius 3 is 2.27 bits per heavy atom. The monoisotopic (exact) mass is 563 g/mol. The molecular formula is C32H37NO8. The Kier molecular flexibility index (Phi) is 8.19. The average molecular weight is 564 g/mol. The van der Waals surface area contributed by atoms with E-state index in [2.05, 4.69) is 26.1 Å². The molecular weight excluding hydrogens is 526 g/mol. The maximum absolute atomic E-state index is 13.5. The van der Waals surface area contributed by atoms with E-state index in [0.717, 1.165) is 0 Å². The molecule has 0 amide bonds. The molecule has 0 radical (unpaired) electrons. The topological polar surface area (TPSA) is 124 Å². The highest BCUT2D eigenvalue weighted by Gasteiger charge is 2.45. The highest BCUT2D eigenvalue weighted by Crippen LogP contribution is 2.48. The molecule has 9 heteroatoms. The van der Waals surface area contributed by atoms with Crippen molar-refractivity contribution in [2.45, 2.75) is 66.3 Å². The molecule has 1 unspecified atom stereocenters. The van der Waals surface area contributed by atoms with E-state index in [-0.39, 0.29) is 52.4 Å². The van der Waals surface area contributed by atoms with Gasteiger partial charge in [0.1, 0.15) is 39.7 Å². The minimum absolute atomic E-state index is 0.00330. The molecule has 1 aliphatic rings. The summed E-state index contributed by atoms with van der Waals surface area (Å²) in [7, 11) is 0. The Balaban J connectivity index is 1.98. The largest absolute Gasteiger partial charge is 0.507 e. The van der Waals surface area contributed by atoms with Crippen molar-refractivity contribution >= 4 is 22.9 Å². The van der Waals surface area contributed by atoms with Crippen LogP contribution in [-0.4, -0.2) is 35.8 Å². The zero-order valence-electron chi connectivity index (χ0n) is 24.5. The molecule has 9 nitrogen and oxygen atoms in total. The lowest BCUT2D eigenvalue weighted by Crippen LogP contribution is -2.45. The second-order valence-electron chi connectivity index (χ2n) is 11.8. The molecule has 1 aromatic heterocycles. The first-order valence-corrected chi connectivity index (χ1v) is 13.7. The molecule has 2 N–H and O–H groups in total. The first-order valence-electron chi connectivity index (χ1n) is 13.7. The van der Waals surface area contributed by atoms with Crippen LogP contribution in [0, 0.1) is 5.41 Å².